The van der Waals surface area contributed by atoms with Crippen LogP contribution in [0.15, 0.2) is 40.6 Å². The molecule has 0 saturated carbocycles. The fourth-order valence-corrected chi connectivity index (χ4v) is 4.83. The van der Waals surface area contributed by atoms with Crippen molar-refractivity contribution in [3.8, 4) is 0 Å². The van der Waals surface area contributed by atoms with Gasteiger partial charge in [0, 0.05) is 13.1 Å². The molecule has 0 spiro atoms. The highest BCUT2D eigenvalue weighted by molar-refractivity contribution is 7.89. The average molecular weight is 397 g/mol. The first-order chi connectivity index (χ1) is 12.4. The molecule has 142 valence electrons. The van der Waals surface area contributed by atoms with Crippen LogP contribution in [0.5, 0.6) is 0 Å². The third-order valence-electron chi connectivity index (χ3n) is 4.08. The molecule has 0 atom stereocenters. The fraction of sp³-hybridized carbons (Fsp3) is 0.389. The van der Waals surface area contributed by atoms with E-state index in [0.29, 0.717) is 0 Å². The van der Waals surface area contributed by atoms with Crippen molar-refractivity contribution in [1.29, 1.82) is 0 Å². The van der Waals surface area contributed by atoms with E-state index in [-0.39, 0.29) is 16.3 Å². The summed E-state index contributed by atoms with van der Waals surface area (Å²) in [4.78, 5) is 14.0. The zero-order valence-corrected chi connectivity index (χ0v) is 16.8. The first kappa shape index (κ1) is 20.6. The molecule has 0 aliphatic carbocycles. The molecule has 6 nitrogen and oxygen atoms in total. The molecule has 0 unspecified atom stereocenters. The van der Waals surface area contributed by atoms with E-state index in [0.717, 1.165) is 36.5 Å². The predicted octanol–water partition coefficient (Wildman–Crippen LogP) is 2.86. The van der Waals surface area contributed by atoms with Crippen LogP contribution in [0.25, 0.3) is 0 Å². The van der Waals surface area contributed by atoms with Crippen molar-refractivity contribution >= 4 is 27.3 Å². The summed E-state index contributed by atoms with van der Waals surface area (Å²) in [6.45, 7) is 7.25. The van der Waals surface area contributed by atoms with Gasteiger partial charge in [-0.3, -0.25) is 4.90 Å². The van der Waals surface area contributed by atoms with Crippen LogP contribution >= 0.6 is 11.3 Å². The Hall–Kier alpha value is -1.74. The topological polar surface area (TPSA) is 75.7 Å². The smallest absolute Gasteiger partial charge is 0.349 e. The SMILES string of the molecule is CCN(CC)Cc1ccc(CNS(=O)(=O)c2ccsc2C(=O)OC)cc1. The Morgan fingerprint density at radius 1 is 1.12 bits per heavy atom. The van der Waals surface area contributed by atoms with Crippen LogP contribution in [-0.4, -0.2) is 39.5 Å². The number of rotatable bonds is 9. The van der Waals surface area contributed by atoms with Gasteiger partial charge in [0.15, 0.2) is 0 Å². The van der Waals surface area contributed by atoms with Crippen LogP contribution in [-0.2, 0) is 27.8 Å². The fourth-order valence-electron chi connectivity index (χ4n) is 2.47. The lowest BCUT2D eigenvalue weighted by Crippen LogP contribution is -2.24. The van der Waals surface area contributed by atoms with Crippen molar-refractivity contribution in [2.75, 3.05) is 20.2 Å². The highest BCUT2D eigenvalue weighted by Gasteiger charge is 2.24. The molecular formula is C18H24N2O4S2. The van der Waals surface area contributed by atoms with E-state index in [1.807, 2.05) is 24.3 Å². The maximum absolute atomic E-state index is 12.5. The third kappa shape index (κ3) is 5.14. The summed E-state index contributed by atoms with van der Waals surface area (Å²) >= 11 is 1.04. The van der Waals surface area contributed by atoms with Crippen molar-refractivity contribution in [2.24, 2.45) is 0 Å². The number of benzene rings is 1. The maximum Gasteiger partial charge on any atom is 0.349 e. The van der Waals surface area contributed by atoms with Crippen LogP contribution in [0, 0.1) is 0 Å². The van der Waals surface area contributed by atoms with Gasteiger partial charge in [-0.15, -0.1) is 11.3 Å². The molecule has 0 saturated heterocycles. The number of hydrogen-bond acceptors (Lipinski definition) is 6. The molecule has 0 aliphatic heterocycles. The zero-order valence-electron chi connectivity index (χ0n) is 15.2. The first-order valence-electron chi connectivity index (χ1n) is 8.36. The third-order valence-corrected chi connectivity index (χ3v) is 6.55. The summed E-state index contributed by atoms with van der Waals surface area (Å²) in [7, 11) is -2.56. The Morgan fingerprint density at radius 2 is 1.73 bits per heavy atom. The van der Waals surface area contributed by atoms with Crippen molar-refractivity contribution in [3.05, 3.63) is 51.7 Å². The summed E-state index contributed by atoms with van der Waals surface area (Å²) in [5.74, 6) is -0.652. The predicted molar refractivity (Wildman–Crippen MR) is 103 cm³/mol. The minimum atomic E-state index is -3.79. The maximum atomic E-state index is 12.5. The number of nitrogens with one attached hydrogen (secondary N) is 1. The second-order valence-corrected chi connectivity index (χ2v) is 8.36. The highest BCUT2D eigenvalue weighted by atomic mass is 32.2. The summed E-state index contributed by atoms with van der Waals surface area (Å²) in [5, 5.41) is 1.56. The van der Waals surface area contributed by atoms with Gasteiger partial charge in [0.2, 0.25) is 10.0 Å². The van der Waals surface area contributed by atoms with Gasteiger partial charge in [-0.05, 0) is 35.7 Å². The summed E-state index contributed by atoms with van der Waals surface area (Å²) in [5.41, 5.74) is 2.04. The molecule has 0 bridgehead atoms. The van der Waals surface area contributed by atoms with Crippen LogP contribution < -0.4 is 4.72 Å². The lowest BCUT2D eigenvalue weighted by Gasteiger charge is -2.18. The van der Waals surface area contributed by atoms with Gasteiger partial charge in [-0.25, -0.2) is 17.9 Å². The monoisotopic (exact) mass is 396 g/mol. The van der Waals surface area contributed by atoms with Crippen molar-refractivity contribution in [3.63, 3.8) is 0 Å². The number of carbonyl (C=O) groups is 1. The number of thiophene rings is 1. The number of ether oxygens (including phenoxy) is 1. The van der Waals surface area contributed by atoms with Crippen molar-refractivity contribution in [2.45, 2.75) is 31.8 Å². The summed E-state index contributed by atoms with van der Waals surface area (Å²) < 4.78 is 32.1. The van der Waals surface area contributed by atoms with E-state index in [1.54, 1.807) is 5.38 Å². The highest BCUT2D eigenvalue weighted by Crippen LogP contribution is 2.23. The Labute approximate surface area is 158 Å². The standard InChI is InChI=1S/C18H24N2O4S2/c1-4-20(5-2)13-15-8-6-14(7-9-15)12-19-26(22,23)16-10-11-25-17(16)18(21)24-3/h6-11,19H,4-5,12-13H2,1-3H3. The lowest BCUT2D eigenvalue weighted by molar-refractivity contribution is 0.0602. The lowest BCUT2D eigenvalue weighted by atomic mass is 10.1. The Bertz CT molecular complexity index is 825. The first-order valence-corrected chi connectivity index (χ1v) is 10.7. The number of esters is 1. The Balaban J connectivity index is 2.04. The van der Waals surface area contributed by atoms with Gasteiger partial charge < -0.3 is 4.74 Å². The number of nitrogens with zero attached hydrogens (tertiary/aromatic N) is 1. The molecule has 0 amide bonds. The Kier molecular flexibility index (Phi) is 7.33. The second-order valence-electron chi connectivity index (χ2n) is 5.71. The van der Waals surface area contributed by atoms with Crippen molar-refractivity contribution in [1.82, 2.24) is 9.62 Å². The van der Waals surface area contributed by atoms with E-state index in [9.17, 15) is 13.2 Å². The minimum absolute atomic E-state index is 0.0486. The van der Waals surface area contributed by atoms with Gasteiger partial charge >= 0.3 is 5.97 Å². The van der Waals surface area contributed by atoms with Gasteiger partial charge in [0.1, 0.15) is 9.77 Å². The van der Waals surface area contributed by atoms with Crippen LogP contribution in [0.4, 0.5) is 0 Å². The molecule has 1 aromatic heterocycles. The Morgan fingerprint density at radius 3 is 2.31 bits per heavy atom. The number of sulfonamides is 1. The molecule has 2 aromatic rings. The van der Waals surface area contributed by atoms with Gasteiger partial charge in [-0.1, -0.05) is 38.1 Å². The zero-order chi connectivity index (χ0) is 19.2. The number of methoxy groups -OCH3 is 1. The van der Waals surface area contributed by atoms with Crippen LogP contribution in [0.3, 0.4) is 0 Å². The van der Waals surface area contributed by atoms with E-state index < -0.39 is 16.0 Å². The molecule has 0 aliphatic rings. The quantitative estimate of drug-likeness (QED) is 0.660. The van der Waals surface area contributed by atoms with E-state index in [4.69, 9.17) is 0 Å². The molecule has 0 fully saturated rings. The molecule has 1 heterocycles. The molecule has 1 aromatic carbocycles. The molecule has 2 rings (SSSR count). The van der Waals surface area contributed by atoms with E-state index in [1.165, 1.54) is 18.7 Å². The summed E-state index contributed by atoms with van der Waals surface area (Å²) in [6, 6.07) is 9.25. The largest absolute Gasteiger partial charge is 0.465 e. The van der Waals surface area contributed by atoms with Crippen LogP contribution in [0.1, 0.15) is 34.6 Å². The van der Waals surface area contributed by atoms with Crippen molar-refractivity contribution < 1.29 is 17.9 Å². The second kappa shape index (κ2) is 9.27. The van der Waals surface area contributed by atoms with E-state index in [2.05, 4.69) is 28.2 Å². The van der Waals surface area contributed by atoms with Gasteiger partial charge in [-0.2, -0.15) is 0 Å². The molecular weight excluding hydrogens is 372 g/mol. The molecule has 0 radical (unpaired) electrons. The average Bonchev–Trinajstić information content (AvgIpc) is 3.15. The molecule has 26 heavy (non-hydrogen) atoms. The van der Waals surface area contributed by atoms with E-state index >= 15 is 0 Å². The number of carbonyl (C=O) groups excluding carboxylic acids is 1. The molecule has 1 N–H and O–H groups in total. The van der Waals surface area contributed by atoms with Gasteiger partial charge in [0.05, 0.1) is 7.11 Å². The summed E-state index contributed by atoms with van der Waals surface area (Å²) in [6.07, 6.45) is 0. The number of hydrogen-bond donors (Lipinski definition) is 1. The van der Waals surface area contributed by atoms with Crippen LogP contribution in [0.2, 0.25) is 0 Å². The normalized spacial score (nSPS) is 11.7. The van der Waals surface area contributed by atoms with Gasteiger partial charge in [0.25, 0.3) is 0 Å². The minimum Gasteiger partial charge on any atom is -0.465 e. The molecule has 8 heteroatoms.